The number of halogens is 1. The first-order valence-corrected chi connectivity index (χ1v) is 6.73. The monoisotopic (exact) mass is 275 g/mol. The van der Waals surface area contributed by atoms with E-state index in [-0.39, 0.29) is 6.10 Å². The smallest absolute Gasteiger partial charge is 0.120 e. The highest BCUT2D eigenvalue weighted by molar-refractivity contribution is 6.31. The van der Waals surface area contributed by atoms with Gasteiger partial charge < -0.3 is 10.5 Å². The van der Waals surface area contributed by atoms with Crippen molar-refractivity contribution in [3.63, 3.8) is 0 Å². The number of nitrogens with two attached hydrogens (primary N) is 1. The summed E-state index contributed by atoms with van der Waals surface area (Å²) in [5.41, 5.74) is 8.84. The van der Waals surface area contributed by atoms with E-state index in [0.29, 0.717) is 11.6 Å². The van der Waals surface area contributed by atoms with Gasteiger partial charge >= 0.3 is 0 Å². The van der Waals surface area contributed by atoms with Crippen LogP contribution in [0.15, 0.2) is 42.5 Å². The van der Waals surface area contributed by atoms with E-state index in [0.717, 1.165) is 22.4 Å². The maximum atomic E-state index is 6.08. The van der Waals surface area contributed by atoms with Crippen LogP contribution in [-0.4, -0.2) is 6.10 Å². The molecule has 2 aromatic rings. The number of benzene rings is 2. The predicted molar refractivity (Wildman–Crippen MR) is 80.5 cm³/mol. The van der Waals surface area contributed by atoms with Gasteiger partial charge in [0.25, 0.3) is 0 Å². The van der Waals surface area contributed by atoms with Crippen molar-refractivity contribution >= 4 is 11.6 Å². The van der Waals surface area contributed by atoms with E-state index >= 15 is 0 Å². The summed E-state index contributed by atoms with van der Waals surface area (Å²) in [7, 11) is 0. The van der Waals surface area contributed by atoms with Gasteiger partial charge in [0.15, 0.2) is 0 Å². The van der Waals surface area contributed by atoms with E-state index in [1.54, 1.807) is 0 Å². The molecule has 19 heavy (non-hydrogen) atoms. The van der Waals surface area contributed by atoms with E-state index < -0.39 is 0 Å². The first-order valence-electron chi connectivity index (χ1n) is 6.35. The molecule has 0 radical (unpaired) electrons. The van der Waals surface area contributed by atoms with Crippen molar-refractivity contribution in [2.24, 2.45) is 5.73 Å². The van der Waals surface area contributed by atoms with Gasteiger partial charge in [-0.05, 0) is 54.8 Å². The average molecular weight is 276 g/mol. The van der Waals surface area contributed by atoms with E-state index in [9.17, 15) is 0 Å². The Balaban J connectivity index is 2.36. The quantitative estimate of drug-likeness (QED) is 0.905. The second kappa shape index (κ2) is 6.09. The highest BCUT2D eigenvalue weighted by Gasteiger charge is 2.05. The number of hydrogen-bond acceptors (Lipinski definition) is 2. The third kappa shape index (κ3) is 3.49. The normalized spacial score (nSPS) is 10.8. The number of hydrogen-bond donors (Lipinski definition) is 1. The molecule has 0 saturated heterocycles. The van der Waals surface area contributed by atoms with Crippen LogP contribution in [0, 0.1) is 0 Å². The first kappa shape index (κ1) is 13.9. The maximum absolute atomic E-state index is 6.08. The molecule has 2 rings (SSSR count). The van der Waals surface area contributed by atoms with Crippen LogP contribution in [0.3, 0.4) is 0 Å². The molecule has 0 bridgehead atoms. The van der Waals surface area contributed by atoms with Crippen LogP contribution >= 0.6 is 11.6 Å². The largest absolute Gasteiger partial charge is 0.491 e. The molecule has 0 atom stereocenters. The van der Waals surface area contributed by atoms with Gasteiger partial charge in [0.2, 0.25) is 0 Å². The molecule has 0 heterocycles. The summed E-state index contributed by atoms with van der Waals surface area (Å²) in [6.45, 7) is 4.47. The lowest BCUT2D eigenvalue weighted by molar-refractivity contribution is 0.242. The molecule has 0 aliphatic rings. The van der Waals surface area contributed by atoms with Crippen molar-refractivity contribution < 1.29 is 4.74 Å². The highest BCUT2D eigenvalue weighted by atomic mass is 35.5. The fraction of sp³-hybridized carbons (Fsp3) is 0.250. The molecule has 0 unspecified atom stereocenters. The minimum Gasteiger partial charge on any atom is -0.491 e. The third-order valence-corrected chi connectivity index (χ3v) is 3.17. The van der Waals surface area contributed by atoms with Gasteiger partial charge in [0, 0.05) is 11.6 Å². The average Bonchev–Trinajstić information content (AvgIpc) is 2.39. The molecule has 0 amide bonds. The lowest BCUT2D eigenvalue weighted by atomic mass is 10.0. The summed E-state index contributed by atoms with van der Waals surface area (Å²) >= 11 is 6.08. The zero-order valence-corrected chi connectivity index (χ0v) is 11.9. The van der Waals surface area contributed by atoms with Gasteiger partial charge in [-0.2, -0.15) is 0 Å². The lowest BCUT2D eigenvalue weighted by Crippen LogP contribution is -2.05. The van der Waals surface area contributed by atoms with Crippen LogP contribution in [0.1, 0.15) is 19.4 Å². The predicted octanol–water partition coefficient (Wildman–Crippen LogP) is 4.25. The van der Waals surface area contributed by atoms with Gasteiger partial charge in [-0.15, -0.1) is 0 Å². The second-order valence-corrected chi connectivity index (χ2v) is 5.11. The molecule has 100 valence electrons. The molecular weight excluding hydrogens is 258 g/mol. The summed E-state index contributed by atoms with van der Waals surface area (Å²) in [4.78, 5) is 0. The minimum atomic E-state index is 0.167. The van der Waals surface area contributed by atoms with Gasteiger partial charge in [0.1, 0.15) is 5.75 Å². The zero-order chi connectivity index (χ0) is 13.8. The first-order chi connectivity index (χ1) is 9.10. The third-order valence-electron chi connectivity index (χ3n) is 2.80. The van der Waals surface area contributed by atoms with Crippen molar-refractivity contribution in [2.75, 3.05) is 0 Å². The molecule has 0 aliphatic heterocycles. The molecule has 0 spiro atoms. The number of ether oxygens (including phenoxy) is 1. The van der Waals surface area contributed by atoms with Crippen molar-refractivity contribution in [3.05, 3.63) is 53.1 Å². The maximum Gasteiger partial charge on any atom is 0.120 e. The molecule has 0 aromatic heterocycles. The van der Waals surface area contributed by atoms with Crippen molar-refractivity contribution in [1.29, 1.82) is 0 Å². The Bertz CT molecular complexity index is 566. The Labute approximate surface area is 119 Å². The van der Waals surface area contributed by atoms with Gasteiger partial charge in [-0.3, -0.25) is 0 Å². The highest BCUT2D eigenvalue weighted by Crippen LogP contribution is 2.27. The summed E-state index contributed by atoms with van der Waals surface area (Å²) in [6.07, 6.45) is 0.167. The fourth-order valence-corrected chi connectivity index (χ4v) is 2.13. The van der Waals surface area contributed by atoms with Gasteiger partial charge in [-0.1, -0.05) is 29.8 Å². The molecule has 0 fully saturated rings. The van der Waals surface area contributed by atoms with Crippen LogP contribution < -0.4 is 10.5 Å². The minimum absolute atomic E-state index is 0.167. The van der Waals surface area contributed by atoms with E-state index in [4.69, 9.17) is 22.1 Å². The van der Waals surface area contributed by atoms with E-state index in [2.05, 4.69) is 6.07 Å². The molecule has 3 heteroatoms. The molecule has 2 N–H and O–H groups in total. The summed E-state index contributed by atoms with van der Waals surface area (Å²) < 4.78 is 5.71. The summed E-state index contributed by atoms with van der Waals surface area (Å²) in [5.74, 6) is 0.872. The Morgan fingerprint density at radius 3 is 2.53 bits per heavy atom. The Kier molecular flexibility index (Phi) is 4.46. The van der Waals surface area contributed by atoms with Gasteiger partial charge in [-0.25, -0.2) is 0 Å². The Hall–Kier alpha value is -1.51. The second-order valence-electron chi connectivity index (χ2n) is 4.70. The molecule has 0 saturated carbocycles. The van der Waals surface area contributed by atoms with E-state index in [1.807, 2.05) is 50.2 Å². The summed E-state index contributed by atoms with van der Waals surface area (Å²) in [6, 6.07) is 13.9. The molecular formula is C16H18ClNO. The van der Waals surface area contributed by atoms with Crippen LogP contribution in [-0.2, 0) is 6.54 Å². The summed E-state index contributed by atoms with van der Waals surface area (Å²) in [5, 5.41) is 0.709. The fourth-order valence-electron chi connectivity index (χ4n) is 1.93. The van der Waals surface area contributed by atoms with E-state index in [1.165, 1.54) is 0 Å². The van der Waals surface area contributed by atoms with Crippen LogP contribution in [0.5, 0.6) is 5.75 Å². The van der Waals surface area contributed by atoms with Crippen molar-refractivity contribution in [1.82, 2.24) is 0 Å². The Morgan fingerprint density at radius 2 is 1.84 bits per heavy atom. The topological polar surface area (TPSA) is 35.2 Å². The molecule has 2 nitrogen and oxygen atoms in total. The lowest BCUT2D eigenvalue weighted by Gasteiger charge is -2.11. The Morgan fingerprint density at radius 1 is 1.11 bits per heavy atom. The van der Waals surface area contributed by atoms with Crippen LogP contribution in [0.25, 0.3) is 11.1 Å². The van der Waals surface area contributed by atoms with Gasteiger partial charge in [0.05, 0.1) is 6.10 Å². The number of rotatable bonds is 4. The van der Waals surface area contributed by atoms with Crippen LogP contribution in [0.2, 0.25) is 5.02 Å². The van der Waals surface area contributed by atoms with Crippen molar-refractivity contribution in [3.8, 4) is 16.9 Å². The van der Waals surface area contributed by atoms with Crippen molar-refractivity contribution in [2.45, 2.75) is 26.5 Å². The standard InChI is InChI=1S/C16H18ClNO/c1-11(2)19-15-5-3-4-12(9-15)13-6-7-16(17)14(8-13)10-18/h3-9,11H,10,18H2,1-2H3. The van der Waals surface area contributed by atoms with Crippen LogP contribution in [0.4, 0.5) is 0 Å². The molecule has 2 aromatic carbocycles. The zero-order valence-electron chi connectivity index (χ0n) is 11.2. The SMILES string of the molecule is CC(C)Oc1cccc(-c2ccc(Cl)c(CN)c2)c1. The molecule has 0 aliphatic carbocycles.